The van der Waals surface area contributed by atoms with E-state index in [0.29, 0.717) is 38.8 Å². The van der Waals surface area contributed by atoms with E-state index in [2.05, 4.69) is 21.3 Å². The third-order valence-electron chi connectivity index (χ3n) is 9.47. The summed E-state index contributed by atoms with van der Waals surface area (Å²) < 4.78 is 5.34. The second-order valence-corrected chi connectivity index (χ2v) is 14.4. The Kier molecular flexibility index (Phi) is 13.4. The van der Waals surface area contributed by atoms with Crippen molar-refractivity contribution in [3.8, 4) is 0 Å². The Bertz CT molecular complexity index is 1320. The van der Waals surface area contributed by atoms with Crippen molar-refractivity contribution in [3.63, 3.8) is 0 Å². The number of amides is 6. The number of alkyl carbamates (subject to hydrolysis) is 1. The van der Waals surface area contributed by atoms with Crippen LogP contribution < -0.4 is 27.0 Å². The predicted molar refractivity (Wildman–Crippen MR) is 181 cm³/mol. The first-order chi connectivity index (χ1) is 22.6. The quantitative estimate of drug-likeness (QED) is 0.188. The highest BCUT2D eigenvalue weighted by Gasteiger charge is 2.46. The fourth-order valence-electron chi connectivity index (χ4n) is 6.43. The molecule has 1 heterocycles. The van der Waals surface area contributed by atoms with Crippen molar-refractivity contribution in [1.82, 2.24) is 26.2 Å². The molecule has 0 radical (unpaired) electrons. The molecule has 1 fully saturated rings. The summed E-state index contributed by atoms with van der Waals surface area (Å²) in [5, 5.41) is 11.1. The average Bonchev–Trinajstić information content (AvgIpc) is 3.66. The molecule has 13 nitrogen and oxygen atoms in total. The summed E-state index contributed by atoms with van der Waals surface area (Å²) in [6.45, 7) is 14.0. The van der Waals surface area contributed by atoms with Gasteiger partial charge in [0.1, 0.15) is 18.7 Å². The molecule has 6 amide bonds. The Morgan fingerprint density at radius 3 is 2.10 bits per heavy atom. The number of Topliss-reactive ketones (excluding diaryl/α,β-unsaturated/α-hetero) is 1. The van der Waals surface area contributed by atoms with Gasteiger partial charge in [-0.05, 0) is 66.9 Å². The van der Waals surface area contributed by atoms with Gasteiger partial charge in [0.15, 0.2) is 0 Å². The molecule has 0 bridgehead atoms. The van der Waals surface area contributed by atoms with Crippen molar-refractivity contribution in [2.45, 2.75) is 105 Å². The van der Waals surface area contributed by atoms with Gasteiger partial charge in [0, 0.05) is 13.1 Å². The van der Waals surface area contributed by atoms with Gasteiger partial charge in [-0.25, -0.2) is 9.59 Å². The number of likely N-dealkylation sites (tertiary alicyclic amines) is 1. The van der Waals surface area contributed by atoms with Gasteiger partial charge in [-0.15, -0.1) is 0 Å². The molecule has 1 aliphatic heterocycles. The molecule has 0 aromatic heterocycles. The van der Waals surface area contributed by atoms with Gasteiger partial charge in [-0.2, -0.15) is 0 Å². The summed E-state index contributed by atoms with van der Waals surface area (Å²) in [6.07, 6.45) is 1.64. The summed E-state index contributed by atoms with van der Waals surface area (Å²) in [6, 6.07) is 3.74. The van der Waals surface area contributed by atoms with E-state index < -0.39 is 65.2 Å². The number of benzene rings is 1. The summed E-state index contributed by atoms with van der Waals surface area (Å²) in [5.74, 6) is -3.09. The number of carbonyl (C=O) groups is 6. The maximum absolute atomic E-state index is 14.6. The monoisotopic (exact) mass is 670 g/mol. The van der Waals surface area contributed by atoms with E-state index in [1.54, 1.807) is 6.92 Å². The highest BCUT2D eigenvalue weighted by Crippen LogP contribution is 2.34. The summed E-state index contributed by atoms with van der Waals surface area (Å²) in [5.41, 5.74) is 6.95. The third-order valence-corrected chi connectivity index (χ3v) is 9.47. The van der Waals surface area contributed by atoms with Crippen LogP contribution in [0.25, 0.3) is 0 Å². The molecule has 0 spiro atoms. The van der Waals surface area contributed by atoms with Crippen LogP contribution in [-0.2, 0) is 36.8 Å². The lowest BCUT2D eigenvalue weighted by Crippen LogP contribution is -2.60. The molecular formula is C35H54N6O7. The second-order valence-electron chi connectivity index (χ2n) is 14.4. The first-order valence-corrected chi connectivity index (χ1v) is 17.1. The molecule has 5 atom stereocenters. The fourth-order valence-corrected chi connectivity index (χ4v) is 6.43. The lowest BCUT2D eigenvalue weighted by atomic mass is 9.87. The molecule has 48 heavy (non-hydrogen) atoms. The van der Waals surface area contributed by atoms with Crippen LogP contribution in [0.5, 0.6) is 0 Å². The molecule has 3 rings (SSSR count). The second kappa shape index (κ2) is 16.8. The zero-order chi connectivity index (χ0) is 35.8. The average molecular weight is 671 g/mol. The lowest BCUT2D eigenvalue weighted by Gasteiger charge is -2.34. The molecule has 1 saturated heterocycles. The van der Waals surface area contributed by atoms with E-state index in [0.717, 1.165) is 11.1 Å². The van der Waals surface area contributed by atoms with Crippen molar-refractivity contribution < 1.29 is 33.5 Å². The fraction of sp³-hybridized carbons (Fsp3) is 0.657. The first kappa shape index (κ1) is 38.3. The smallest absolute Gasteiger partial charge is 0.407 e. The Balaban J connectivity index is 1.90. The van der Waals surface area contributed by atoms with Crippen LogP contribution in [0, 0.1) is 23.2 Å². The summed E-state index contributed by atoms with van der Waals surface area (Å²) in [4.78, 5) is 79.7. The number of carbonyl (C=O) groups excluding carboxylic acids is 6. The topological polar surface area (TPSA) is 189 Å². The van der Waals surface area contributed by atoms with Crippen LogP contribution in [-0.4, -0.2) is 84.4 Å². The maximum Gasteiger partial charge on any atom is 0.407 e. The number of ether oxygens (including phenoxy) is 1. The van der Waals surface area contributed by atoms with Crippen LogP contribution in [0.1, 0.15) is 78.9 Å². The number of ketones is 1. The Morgan fingerprint density at radius 1 is 0.958 bits per heavy atom. The SMILES string of the molecule is CCCC(NC(=O)C1CC(C(C)C)CN1C(=O)C(NC(=O)NC(COC(=O)NCC)C(C)(C)C)C1Cc2ccccc2C1)C(=O)C(N)=O. The molecule has 2 aliphatic rings. The lowest BCUT2D eigenvalue weighted by molar-refractivity contribution is -0.142. The van der Waals surface area contributed by atoms with Gasteiger partial charge in [-0.3, -0.25) is 19.2 Å². The van der Waals surface area contributed by atoms with Crippen molar-refractivity contribution in [1.29, 1.82) is 0 Å². The molecule has 1 aliphatic carbocycles. The van der Waals surface area contributed by atoms with Gasteiger partial charge < -0.3 is 36.6 Å². The van der Waals surface area contributed by atoms with Crippen LogP contribution >= 0.6 is 0 Å². The van der Waals surface area contributed by atoms with E-state index >= 15 is 0 Å². The number of hydrogen-bond donors (Lipinski definition) is 5. The van der Waals surface area contributed by atoms with E-state index in [4.69, 9.17) is 10.5 Å². The van der Waals surface area contributed by atoms with Crippen molar-refractivity contribution in [2.24, 2.45) is 28.9 Å². The third kappa shape index (κ3) is 9.93. The van der Waals surface area contributed by atoms with Crippen LogP contribution in [0.3, 0.4) is 0 Å². The van der Waals surface area contributed by atoms with Crippen LogP contribution in [0.4, 0.5) is 9.59 Å². The largest absolute Gasteiger partial charge is 0.447 e. The van der Waals surface area contributed by atoms with Crippen LogP contribution in [0.2, 0.25) is 0 Å². The van der Waals surface area contributed by atoms with Crippen molar-refractivity contribution in [3.05, 3.63) is 35.4 Å². The molecule has 266 valence electrons. The molecule has 5 unspecified atom stereocenters. The highest BCUT2D eigenvalue weighted by atomic mass is 16.5. The van der Waals surface area contributed by atoms with Gasteiger partial charge in [0.05, 0.1) is 12.1 Å². The number of urea groups is 1. The zero-order valence-electron chi connectivity index (χ0n) is 29.4. The molecule has 1 aromatic carbocycles. The minimum absolute atomic E-state index is 0.00638. The van der Waals surface area contributed by atoms with E-state index in [-0.39, 0.29) is 30.8 Å². The van der Waals surface area contributed by atoms with E-state index in [1.807, 2.05) is 65.8 Å². The minimum atomic E-state index is -1.13. The van der Waals surface area contributed by atoms with E-state index in [9.17, 15) is 28.8 Å². The highest BCUT2D eigenvalue weighted by molar-refractivity contribution is 6.37. The summed E-state index contributed by atoms with van der Waals surface area (Å²) >= 11 is 0. The number of fused-ring (bicyclic) bond motifs is 1. The number of nitrogens with zero attached hydrogens (tertiary/aromatic N) is 1. The number of primary amides is 1. The van der Waals surface area contributed by atoms with Gasteiger partial charge in [-0.1, -0.05) is 72.2 Å². The normalized spacial score (nSPS) is 19.5. The Morgan fingerprint density at radius 2 is 1.58 bits per heavy atom. The standard InChI is InChI=1S/C35H54N6O7/c1-8-12-25(29(42)30(36)43)38-31(44)26-17-24(20(3)4)18-41(26)32(45)28(23-15-21-13-10-11-14-22(21)16-23)40-33(46)39-27(35(5,6)7)19-48-34(47)37-9-2/h10-11,13-14,20,23-28H,8-9,12,15-19H2,1-7H3,(H2,36,43)(H,37,47)(H,38,44)(H2,39,40,46). The minimum Gasteiger partial charge on any atom is -0.447 e. The van der Waals surface area contributed by atoms with Crippen LogP contribution in [0.15, 0.2) is 24.3 Å². The molecule has 1 aromatic rings. The molecule has 6 N–H and O–H groups in total. The number of hydrogen-bond acceptors (Lipinski definition) is 7. The van der Waals surface area contributed by atoms with Gasteiger partial charge in [0.25, 0.3) is 5.91 Å². The number of nitrogens with two attached hydrogens (primary N) is 1. The first-order valence-electron chi connectivity index (χ1n) is 17.1. The van der Waals surface area contributed by atoms with E-state index in [1.165, 1.54) is 4.90 Å². The molecule has 0 saturated carbocycles. The predicted octanol–water partition coefficient (Wildman–Crippen LogP) is 2.44. The Labute approximate surface area is 283 Å². The van der Waals surface area contributed by atoms with Gasteiger partial charge in [0.2, 0.25) is 17.6 Å². The Hall–Kier alpha value is -4.16. The summed E-state index contributed by atoms with van der Waals surface area (Å²) in [7, 11) is 0. The number of nitrogens with one attached hydrogen (secondary N) is 4. The van der Waals surface area contributed by atoms with Gasteiger partial charge >= 0.3 is 12.1 Å². The maximum atomic E-state index is 14.6. The van der Waals surface area contributed by atoms with Crippen molar-refractivity contribution >= 4 is 35.6 Å². The molecular weight excluding hydrogens is 616 g/mol. The number of rotatable bonds is 14. The molecule has 13 heteroatoms. The zero-order valence-corrected chi connectivity index (χ0v) is 29.4. The van der Waals surface area contributed by atoms with Crippen molar-refractivity contribution in [2.75, 3.05) is 19.7 Å².